The zero-order valence-electron chi connectivity index (χ0n) is 11.4. The quantitative estimate of drug-likeness (QED) is 0.795. The molecule has 1 aromatic rings. The number of hydrogen-bond acceptors (Lipinski definition) is 3. The fourth-order valence-corrected chi connectivity index (χ4v) is 1.74. The summed E-state index contributed by atoms with van der Waals surface area (Å²) in [4.78, 5) is 0. The summed E-state index contributed by atoms with van der Waals surface area (Å²) >= 11 is 0. The summed E-state index contributed by atoms with van der Waals surface area (Å²) in [7, 11) is 0. The van der Waals surface area contributed by atoms with Crippen LogP contribution in [0.1, 0.15) is 52.3 Å². The highest BCUT2D eigenvalue weighted by molar-refractivity contribution is 4.98. The summed E-state index contributed by atoms with van der Waals surface area (Å²) in [6.07, 6.45) is 4.24. The Morgan fingerprint density at radius 1 is 1.41 bits per heavy atom. The Morgan fingerprint density at radius 2 is 2.06 bits per heavy atom. The molecule has 98 valence electrons. The Kier molecular flexibility index (Phi) is 5.15. The molecule has 4 heteroatoms. The third-order valence-corrected chi connectivity index (χ3v) is 2.70. The number of aromatic nitrogens is 2. The maximum atomic E-state index is 5.85. The van der Waals surface area contributed by atoms with Crippen LogP contribution in [0.4, 0.5) is 0 Å². The van der Waals surface area contributed by atoms with Crippen molar-refractivity contribution in [1.82, 2.24) is 9.78 Å². The van der Waals surface area contributed by atoms with E-state index in [0.717, 1.165) is 18.5 Å². The molecule has 0 unspecified atom stereocenters. The molecule has 0 aliphatic carbocycles. The lowest BCUT2D eigenvalue weighted by Crippen LogP contribution is -2.37. The molecular formula is C13H25N3O. The van der Waals surface area contributed by atoms with Crippen molar-refractivity contribution < 1.29 is 4.74 Å². The van der Waals surface area contributed by atoms with Crippen molar-refractivity contribution in [1.29, 1.82) is 0 Å². The first-order chi connectivity index (χ1) is 7.96. The fourth-order valence-electron chi connectivity index (χ4n) is 1.74. The standard InChI is InChI=1S/C13H25N3O/c1-5-12(6-2)16-8-7-11(15-16)9-17-10-13(3,4)14/h7-8,12H,5-6,9-10,14H2,1-4H3. The number of ether oxygens (including phenoxy) is 1. The van der Waals surface area contributed by atoms with Crippen LogP contribution < -0.4 is 5.73 Å². The van der Waals surface area contributed by atoms with E-state index < -0.39 is 0 Å². The third kappa shape index (κ3) is 4.88. The molecule has 0 saturated carbocycles. The van der Waals surface area contributed by atoms with Gasteiger partial charge in [-0.3, -0.25) is 4.68 Å². The summed E-state index contributed by atoms with van der Waals surface area (Å²) in [5.41, 5.74) is 6.54. The molecular weight excluding hydrogens is 214 g/mol. The molecule has 0 aliphatic heterocycles. The molecule has 0 fully saturated rings. The van der Waals surface area contributed by atoms with E-state index in [2.05, 4.69) is 18.9 Å². The molecule has 0 radical (unpaired) electrons. The van der Waals surface area contributed by atoms with Gasteiger partial charge in [0.1, 0.15) is 0 Å². The highest BCUT2D eigenvalue weighted by Gasteiger charge is 2.12. The van der Waals surface area contributed by atoms with Gasteiger partial charge in [0.25, 0.3) is 0 Å². The lowest BCUT2D eigenvalue weighted by Gasteiger charge is -2.17. The van der Waals surface area contributed by atoms with Crippen molar-refractivity contribution in [3.63, 3.8) is 0 Å². The Hall–Kier alpha value is -0.870. The Labute approximate surface area is 104 Å². The predicted octanol–water partition coefficient (Wildman–Crippen LogP) is 2.50. The van der Waals surface area contributed by atoms with Gasteiger partial charge in [-0.2, -0.15) is 5.10 Å². The molecule has 0 aliphatic rings. The second kappa shape index (κ2) is 6.17. The molecule has 0 atom stereocenters. The first kappa shape index (κ1) is 14.2. The van der Waals surface area contributed by atoms with Crippen LogP contribution in [0.2, 0.25) is 0 Å². The Bertz CT molecular complexity index is 324. The molecule has 0 spiro atoms. The summed E-state index contributed by atoms with van der Waals surface area (Å²) in [6.45, 7) is 9.36. The lowest BCUT2D eigenvalue weighted by molar-refractivity contribution is 0.0824. The largest absolute Gasteiger partial charge is 0.373 e. The predicted molar refractivity (Wildman–Crippen MR) is 69.8 cm³/mol. The van der Waals surface area contributed by atoms with Crippen LogP contribution in [0.5, 0.6) is 0 Å². The molecule has 17 heavy (non-hydrogen) atoms. The minimum absolute atomic E-state index is 0.280. The van der Waals surface area contributed by atoms with Gasteiger partial charge in [0, 0.05) is 11.7 Å². The van der Waals surface area contributed by atoms with E-state index in [9.17, 15) is 0 Å². The van der Waals surface area contributed by atoms with E-state index in [1.807, 2.05) is 30.8 Å². The van der Waals surface area contributed by atoms with Crippen LogP contribution in [0.15, 0.2) is 12.3 Å². The summed E-state index contributed by atoms with van der Waals surface area (Å²) in [5, 5.41) is 4.52. The van der Waals surface area contributed by atoms with E-state index in [-0.39, 0.29) is 5.54 Å². The van der Waals surface area contributed by atoms with Gasteiger partial charge in [0.05, 0.1) is 24.9 Å². The van der Waals surface area contributed by atoms with Crippen molar-refractivity contribution in [2.75, 3.05) is 6.61 Å². The normalized spacial score (nSPS) is 12.4. The molecule has 1 aromatic heterocycles. The van der Waals surface area contributed by atoms with Crippen molar-refractivity contribution in [3.05, 3.63) is 18.0 Å². The molecule has 1 rings (SSSR count). The maximum Gasteiger partial charge on any atom is 0.0907 e. The topological polar surface area (TPSA) is 53.1 Å². The first-order valence-corrected chi connectivity index (χ1v) is 6.37. The zero-order chi connectivity index (χ0) is 12.9. The van der Waals surface area contributed by atoms with Gasteiger partial charge < -0.3 is 10.5 Å². The average molecular weight is 239 g/mol. The first-order valence-electron chi connectivity index (χ1n) is 6.37. The lowest BCUT2D eigenvalue weighted by atomic mass is 10.1. The van der Waals surface area contributed by atoms with Gasteiger partial charge in [-0.05, 0) is 32.8 Å². The Balaban J connectivity index is 2.46. The minimum atomic E-state index is -0.280. The van der Waals surface area contributed by atoms with Crippen LogP contribution in [0, 0.1) is 0 Å². The van der Waals surface area contributed by atoms with Crippen molar-refractivity contribution >= 4 is 0 Å². The Morgan fingerprint density at radius 3 is 2.59 bits per heavy atom. The minimum Gasteiger partial charge on any atom is -0.373 e. The van der Waals surface area contributed by atoms with Crippen LogP contribution >= 0.6 is 0 Å². The third-order valence-electron chi connectivity index (χ3n) is 2.70. The fraction of sp³-hybridized carbons (Fsp3) is 0.769. The molecule has 0 amide bonds. The van der Waals surface area contributed by atoms with Crippen LogP contribution in [0.3, 0.4) is 0 Å². The molecule has 1 heterocycles. The SMILES string of the molecule is CCC(CC)n1ccc(COCC(C)(C)N)n1. The molecule has 4 nitrogen and oxygen atoms in total. The zero-order valence-corrected chi connectivity index (χ0v) is 11.4. The van der Waals surface area contributed by atoms with Crippen LogP contribution in [-0.2, 0) is 11.3 Å². The molecule has 0 bridgehead atoms. The van der Waals surface area contributed by atoms with E-state index in [0.29, 0.717) is 19.3 Å². The molecule has 0 saturated heterocycles. The van der Waals surface area contributed by atoms with Gasteiger partial charge in [0.2, 0.25) is 0 Å². The highest BCUT2D eigenvalue weighted by atomic mass is 16.5. The van der Waals surface area contributed by atoms with Gasteiger partial charge in [-0.25, -0.2) is 0 Å². The van der Waals surface area contributed by atoms with Gasteiger partial charge >= 0.3 is 0 Å². The van der Waals surface area contributed by atoms with Crippen LogP contribution in [0.25, 0.3) is 0 Å². The van der Waals surface area contributed by atoms with E-state index in [1.54, 1.807) is 0 Å². The van der Waals surface area contributed by atoms with Gasteiger partial charge in [-0.1, -0.05) is 13.8 Å². The molecule has 2 N–H and O–H groups in total. The second-order valence-corrected chi connectivity index (χ2v) is 5.24. The van der Waals surface area contributed by atoms with Gasteiger partial charge in [-0.15, -0.1) is 0 Å². The second-order valence-electron chi connectivity index (χ2n) is 5.24. The van der Waals surface area contributed by atoms with Crippen molar-refractivity contribution in [2.24, 2.45) is 5.73 Å². The summed E-state index contributed by atoms with van der Waals surface area (Å²) < 4.78 is 7.58. The number of rotatable bonds is 7. The van der Waals surface area contributed by atoms with Crippen molar-refractivity contribution in [2.45, 2.75) is 58.7 Å². The maximum absolute atomic E-state index is 5.85. The highest BCUT2D eigenvalue weighted by Crippen LogP contribution is 2.14. The smallest absolute Gasteiger partial charge is 0.0907 e. The monoisotopic (exact) mass is 239 g/mol. The molecule has 0 aromatic carbocycles. The van der Waals surface area contributed by atoms with E-state index >= 15 is 0 Å². The average Bonchev–Trinajstić information content (AvgIpc) is 2.67. The summed E-state index contributed by atoms with van der Waals surface area (Å²) in [6, 6.07) is 2.51. The summed E-state index contributed by atoms with van der Waals surface area (Å²) in [5.74, 6) is 0. The van der Waals surface area contributed by atoms with E-state index in [1.165, 1.54) is 0 Å². The number of hydrogen-bond donors (Lipinski definition) is 1. The van der Waals surface area contributed by atoms with Gasteiger partial charge in [0.15, 0.2) is 0 Å². The van der Waals surface area contributed by atoms with E-state index in [4.69, 9.17) is 10.5 Å². The number of nitrogens with two attached hydrogens (primary N) is 1. The van der Waals surface area contributed by atoms with Crippen LogP contribution in [-0.4, -0.2) is 21.9 Å². The van der Waals surface area contributed by atoms with Crippen molar-refractivity contribution in [3.8, 4) is 0 Å². The number of nitrogens with zero attached hydrogens (tertiary/aromatic N) is 2.